The van der Waals surface area contributed by atoms with E-state index in [9.17, 15) is 0 Å². The van der Waals surface area contributed by atoms with Crippen LogP contribution in [0, 0.1) is 6.92 Å². The largest absolute Gasteiger partial charge is 0.455 e. The highest BCUT2D eigenvalue weighted by molar-refractivity contribution is 6.14. The molecule has 2 N–H and O–H groups in total. The van der Waals surface area contributed by atoms with Gasteiger partial charge in [0.2, 0.25) is 0 Å². The van der Waals surface area contributed by atoms with Crippen molar-refractivity contribution in [3.8, 4) is 22.8 Å². The second-order valence-electron chi connectivity index (χ2n) is 4.42. The number of hydrogen-bond acceptors (Lipinski definition) is 5. The van der Waals surface area contributed by atoms with Gasteiger partial charge in [-0.3, -0.25) is 4.98 Å². The van der Waals surface area contributed by atoms with Crippen molar-refractivity contribution in [3.63, 3.8) is 0 Å². The smallest absolute Gasteiger partial charge is 0.148 e. The van der Waals surface area contributed by atoms with Crippen LogP contribution in [0.4, 0.5) is 5.82 Å². The van der Waals surface area contributed by atoms with E-state index in [1.807, 2.05) is 13.0 Å². The monoisotopic (exact) mass is 301 g/mol. The molecule has 3 rings (SSSR count). The third-order valence-electron chi connectivity index (χ3n) is 2.87. The van der Waals surface area contributed by atoms with E-state index in [1.54, 1.807) is 36.8 Å². The molecular weight excluding hydrogens is 290 g/mol. The molecule has 106 valence electrons. The van der Waals surface area contributed by atoms with Gasteiger partial charge in [-0.2, -0.15) is 9.30 Å². The standard InChI is InChI=1S/C14H12ClN5O/c1-9-13(2-3-14(16)19-9)21-11-4-5-17-12(6-11)10-7-18-20(15)8-10/h2-8H,1H3,(H2,16,19). The SMILES string of the molecule is Cc1nc(N)ccc1Oc1ccnc(-c2cnn(Cl)c2)c1. The van der Waals surface area contributed by atoms with Crippen LogP contribution in [0.5, 0.6) is 11.5 Å². The molecule has 0 radical (unpaired) electrons. The maximum atomic E-state index is 5.81. The molecule has 0 unspecified atom stereocenters. The number of nitrogens with two attached hydrogens (primary N) is 1. The number of ether oxygens (including phenoxy) is 1. The summed E-state index contributed by atoms with van der Waals surface area (Å²) in [6, 6.07) is 7.06. The van der Waals surface area contributed by atoms with Crippen molar-refractivity contribution in [1.82, 2.24) is 19.3 Å². The molecule has 21 heavy (non-hydrogen) atoms. The Hall–Kier alpha value is -2.60. The summed E-state index contributed by atoms with van der Waals surface area (Å²) in [6.45, 7) is 1.84. The van der Waals surface area contributed by atoms with E-state index >= 15 is 0 Å². The molecule has 0 aliphatic rings. The Morgan fingerprint density at radius 3 is 2.86 bits per heavy atom. The lowest BCUT2D eigenvalue weighted by atomic mass is 10.2. The topological polar surface area (TPSA) is 78.8 Å². The van der Waals surface area contributed by atoms with Crippen molar-refractivity contribution < 1.29 is 4.74 Å². The zero-order chi connectivity index (χ0) is 14.8. The first-order valence-corrected chi connectivity index (χ1v) is 6.54. The van der Waals surface area contributed by atoms with Gasteiger partial charge in [0, 0.05) is 29.6 Å². The van der Waals surface area contributed by atoms with Crippen molar-refractivity contribution in [2.45, 2.75) is 6.92 Å². The Bertz CT molecular complexity index is 787. The first-order valence-electron chi connectivity index (χ1n) is 6.20. The molecule has 0 spiro atoms. The van der Waals surface area contributed by atoms with Crippen LogP contribution in [-0.4, -0.2) is 19.3 Å². The number of pyridine rings is 2. The molecule has 0 aliphatic carbocycles. The quantitative estimate of drug-likeness (QED) is 0.804. The van der Waals surface area contributed by atoms with E-state index in [0.29, 0.717) is 17.3 Å². The molecule has 7 heteroatoms. The number of aryl methyl sites for hydroxylation is 1. The van der Waals surface area contributed by atoms with Crippen LogP contribution in [0.25, 0.3) is 11.3 Å². The summed E-state index contributed by atoms with van der Waals surface area (Å²) in [7, 11) is 0. The fourth-order valence-corrected chi connectivity index (χ4v) is 2.01. The highest BCUT2D eigenvalue weighted by Crippen LogP contribution is 2.27. The molecule has 0 aromatic carbocycles. The van der Waals surface area contributed by atoms with Crippen LogP contribution in [0.3, 0.4) is 0 Å². The van der Waals surface area contributed by atoms with Gasteiger partial charge in [-0.15, -0.1) is 0 Å². The summed E-state index contributed by atoms with van der Waals surface area (Å²) in [4.78, 5) is 8.43. The third kappa shape index (κ3) is 2.95. The van der Waals surface area contributed by atoms with Gasteiger partial charge in [0.15, 0.2) is 0 Å². The molecule has 0 saturated heterocycles. The van der Waals surface area contributed by atoms with Gasteiger partial charge in [0.25, 0.3) is 0 Å². The normalized spacial score (nSPS) is 10.6. The van der Waals surface area contributed by atoms with E-state index in [0.717, 1.165) is 17.0 Å². The van der Waals surface area contributed by atoms with Crippen molar-refractivity contribution >= 4 is 17.6 Å². The van der Waals surface area contributed by atoms with E-state index in [4.69, 9.17) is 22.2 Å². The molecule has 0 bridgehead atoms. The minimum Gasteiger partial charge on any atom is -0.455 e. The summed E-state index contributed by atoms with van der Waals surface area (Å²) in [5, 5.41) is 3.91. The average Bonchev–Trinajstić information content (AvgIpc) is 2.89. The van der Waals surface area contributed by atoms with Gasteiger partial charge in [-0.05, 0) is 25.1 Å². The maximum Gasteiger partial charge on any atom is 0.148 e. The summed E-state index contributed by atoms with van der Waals surface area (Å²) in [6.07, 6.45) is 4.97. The first kappa shape index (κ1) is 13.4. The molecule has 0 atom stereocenters. The molecule has 3 aromatic rings. The van der Waals surface area contributed by atoms with Crippen LogP contribution in [0.2, 0.25) is 0 Å². The molecule has 0 saturated carbocycles. The lowest BCUT2D eigenvalue weighted by Gasteiger charge is -2.09. The summed E-state index contributed by atoms with van der Waals surface area (Å²) in [5.74, 6) is 1.76. The Morgan fingerprint density at radius 1 is 1.29 bits per heavy atom. The number of nitrogen functional groups attached to an aromatic ring is 1. The second-order valence-corrected chi connectivity index (χ2v) is 4.76. The molecule has 6 nitrogen and oxygen atoms in total. The van der Waals surface area contributed by atoms with Gasteiger partial charge in [0.05, 0.1) is 23.8 Å². The number of rotatable bonds is 3. The molecule has 3 heterocycles. The molecule has 0 fully saturated rings. The fraction of sp³-hybridized carbons (Fsp3) is 0.0714. The van der Waals surface area contributed by atoms with Crippen LogP contribution in [0.1, 0.15) is 5.69 Å². The van der Waals surface area contributed by atoms with Gasteiger partial charge >= 0.3 is 0 Å². The molecule has 3 aromatic heterocycles. The van der Waals surface area contributed by atoms with Gasteiger partial charge in [-0.1, -0.05) is 0 Å². The van der Waals surface area contributed by atoms with Crippen molar-refractivity contribution in [3.05, 3.63) is 48.5 Å². The second kappa shape index (κ2) is 5.41. The van der Waals surface area contributed by atoms with Gasteiger partial charge in [-0.25, -0.2) is 4.98 Å². The minimum absolute atomic E-state index is 0.463. The Kier molecular flexibility index (Phi) is 3.45. The summed E-state index contributed by atoms with van der Waals surface area (Å²) < 4.78 is 7.02. The zero-order valence-corrected chi connectivity index (χ0v) is 11.9. The Balaban J connectivity index is 1.89. The van der Waals surface area contributed by atoms with Gasteiger partial charge in [0.1, 0.15) is 17.3 Å². The predicted molar refractivity (Wildman–Crippen MR) is 80.2 cm³/mol. The summed E-state index contributed by atoms with van der Waals surface area (Å²) in [5.41, 5.74) is 7.88. The van der Waals surface area contributed by atoms with Crippen molar-refractivity contribution in [2.24, 2.45) is 0 Å². The van der Waals surface area contributed by atoms with Crippen molar-refractivity contribution in [1.29, 1.82) is 0 Å². The first-order chi connectivity index (χ1) is 10.1. The number of halogens is 1. The highest BCUT2D eigenvalue weighted by Gasteiger charge is 2.07. The number of aromatic nitrogens is 4. The lowest BCUT2D eigenvalue weighted by Crippen LogP contribution is -1.95. The average molecular weight is 302 g/mol. The van der Waals surface area contributed by atoms with E-state index in [-0.39, 0.29) is 0 Å². The highest BCUT2D eigenvalue weighted by atomic mass is 35.5. The summed E-state index contributed by atoms with van der Waals surface area (Å²) >= 11 is 5.74. The van der Waals surface area contributed by atoms with Crippen LogP contribution < -0.4 is 10.5 Å². The third-order valence-corrected chi connectivity index (χ3v) is 3.05. The van der Waals surface area contributed by atoms with Crippen LogP contribution in [0.15, 0.2) is 42.9 Å². The zero-order valence-electron chi connectivity index (χ0n) is 11.2. The maximum absolute atomic E-state index is 5.81. The Labute approximate surface area is 126 Å². The number of hydrogen-bond donors (Lipinski definition) is 1. The van der Waals surface area contributed by atoms with Crippen LogP contribution >= 0.6 is 11.8 Å². The van der Waals surface area contributed by atoms with E-state index < -0.39 is 0 Å². The fourth-order valence-electron chi connectivity index (χ4n) is 1.87. The molecule has 0 amide bonds. The lowest BCUT2D eigenvalue weighted by molar-refractivity contribution is 0.475. The number of nitrogens with zero attached hydrogens (tertiary/aromatic N) is 4. The van der Waals surface area contributed by atoms with Gasteiger partial charge < -0.3 is 10.5 Å². The predicted octanol–water partition coefficient (Wildman–Crippen LogP) is 3.02. The van der Waals surface area contributed by atoms with E-state index in [2.05, 4.69) is 15.1 Å². The van der Waals surface area contributed by atoms with Crippen LogP contribution in [-0.2, 0) is 0 Å². The minimum atomic E-state index is 0.463. The number of anilines is 1. The Morgan fingerprint density at radius 2 is 2.14 bits per heavy atom. The molecular formula is C14H12ClN5O. The van der Waals surface area contributed by atoms with E-state index in [1.165, 1.54) is 4.20 Å². The molecule has 0 aliphatic heterocycles. The van der Waals surface area contributed by atoms with Crippen molar-refractivity contribution in [2.75, 3.05) is 5.73 Å².